The molecule has 1 N–H and O–H groups in total. The van der Waals surface area contributed by atoms with Gasteiger partial charge in [0.2, 0.25) is 0 Å². The molecule has 0 unspecified atom stereocenters. The summed E-state index contributed by atoms with van der Waals surface area (Å²) in [6.45, 7) is 1.93. The van der Waals surface area contributed by atoms with Gasteiger partial charge in [0.05, 0.1) is 5.02 Å². The van der Waals surface area contributed by atoms with E-state index in [0.717, 1.165) is 28.3 Å². The molecule has 0 atom stereocenters. The zero-order chi connectivity index (χ0) is 10.6. The van der Waals surface area contributed by atoms with Crippen molar-refractivity contribution in [3.8, 4) is 0 Å². The van der Waals surface area contributed by atoms with E-state index in [4.69, 9.17) is 11.6 Å². The van der Waals surface area contributed by atoms with Gasteiger partial charge in [0.1, 0.15) is 0 Å². The Balaban J connectivity index is 2.47. The zero-order valence-corrected chi connectivity index (χ0v) is 10.7. The van der Waals surface area contributed by atoms with Gasteiger partial charge < -0.3 is 10.2 Å². The molecule has 4 heteroatoms. The molecule has 1 aromatic carbocycles. The number of rotatable bonds is 4. The molecule has 0 aliphatic heterocycles. The van der Waals surface area contributed by atoms with E-state index in [1.807, 2.05) is 18.2 Å². The van der Waals surface area contributed by atoms with E-state index in [9.17, 15) is 0 Å². The highest BCUT2D eigenvalue weighted by molar-refractivity contribution is 9.10. The smallest absolute Gasteiger partial charge is 0.0568 e. The predicted octanol–water partition coefficient (Wildman–Crippen LogP) is 3.08. The van der Waals surface area contributed by atoms with Crippen molar-refractivity contribution < 1.29 is 0 Å². The fraction of sp³-hybridized carbons (Fsp3) is 0.400. The van der Waals surface area contributed by atoms with Gasteiger partial charge in [-0.1, -0.05) is 11.6 Å². The number of benzene rings is 1. The van der Waals surface area contributed by atoms with Crippen LogP contribution in [0.5, 0.6) is 0 Å². The first kappa shape index (κ1) is 11.8. The molecule has 0 saturated carbocycles. The van der Waals surface area contributed by atoms with Crippen molar-refractivity contribution in [1.29, 1.82) is 0 Å². The molecular weight excluding hydrogens is 263 g/mol. The highest BCUT2D eigenvalue weighted by atomic mass is 79.9. The molecule has 0 amide bonds. The van der Waals surface area contributed by atoms with Crippen LogP contribution in [0.4, 0.5) is 5.69 Å². The first-order valence-corrected chi connectivity index (χ1v) is 5.60. The number of nitrogens with zero attached hydrogens (tertiary/aromatic N) is 1. The number of anilines is 1. The maximum absolute atomic E-state index is 5.96. The van der Waals surface area contributed by atoms with Crippen molar-refractivity contribution in [2.24, 2.45) is 0 Å². The normalized spacial score (nSPS) is 10.6. The molecule has 1 rings (SSSR count). The summed E-state index contributed by atoms with van der Waals surface area (Å²) in [4.78, 5) is 2.13. The van der Waals surface area contributed by atoms with Gasteiger partial charge in [-0.05, 0) is 48.2 Å². The van der Waals surface area contributed by atoms with Crippen molar-refractivity contribution >= 4 is 33.2 Å². The van der Waals surface area contributed by atoms with Gasteiger partial charge in [-0.2, -0.15) is 0 Å². The van der Waals surface area contributed by atoms with E-state index >= 15 is 0 Å². The molecule has 0 heterocycles. The first-order valence-electron chi connectivity index (χ1n) is 4.43. The van der Waals surface area contributed by atoms with Crippen LogP contribution in [-0.4, -0.2) is 32.1 Å². The summed E-state index contributed by atoms with van der Waals surface area (Å²) in [6, 6.07) is 5.87. The van der Waals surface area contributed by atoms with Crippen molar-refractivity contribution in [3.05, 3.63) is 27.7 Å². The van der Waals surface area contributed by atoms with E-state index in [-0.39, 0.29) is 0 Å². The second kappa shape index (κ2) is 5.59. The van der Waals surface area contributed by atoms with Crippen molar-refractivity contribution in [3.63, 3.8) is 0 Å². The second-order valence-electron chi connectivity index (χ2n) is 3.36. The Bertz CT molecular complexity index is 302. The summed E-state index contributed by atoms with van der Waals surface area (Å²) in [7, 11) is 4.10. The lowest BCUT2D eigenvalue weighted by molar-refractivity contribution is 0.425. The lowest BCUT2D eigenvalue weighted by Crippen LogP contribution is -2.20. The summed E-state index contributed by atoms with van der Waals surface area (Å²) in [5.74, 6) is 0. The van der Waals surface area contributed by atoms with Crippen molar-refractivity contribution in [2.75, 3.05) is 32.5 Å². The highest BCUT2D eigenvalue weighted by Gasteiger charge is 1.98. The Morgan fingerprint density at radius 3 is 2.71 bits per heavy atom. The molecule has 78 valence electrons. The van der Waals surface area contributed by atoms with E-state index in [1.165, 1.54) is 0 Å². The molecule has 0 aliphatic carbocycles. The molecule has 0 aromatic heterocycles. The maximum Gasteiger partial charge on any atom is 0.0568 e. The number of hydrogen-bond donors (Lipinski definition) is 1. The molecular formula is C10H14BrClN2. The van der Waals surface area contributed by atoms with Crippen LogP contribution in [0.15, 0.2) is 22.7 Å². The minimum Gasteiger partial charge on any atom is -0.384 e. The lowest BCUT2D eigenvalue weighted by atomic mass is 10.3. The highest BCUT2D eigenvalue weighted by Crippen LogP contribution is 2.25. The number of halogens is 2. The van der Waals surface area contributed by atoms with E-state index in [1.54, 1.807) is 0 Å². The molecule has 0 saturated heterocycles. The standard InChI is InChI=1S/C10H14BrClN2/c1-14(2)6-5-13-8-3-4-9(11)10(12)7-8/h3-4,7,13H,5-6H2,1-2H3. The Hall–Kier alpha value is -0.250. The fourth-order valence-electron chi connectivity index (χ4n) is 1.03. The van der Waals surface area contributed by atoms with E-state index in [2.05, 4.69) is 40.2 Å². The Morgan fingerprint density at radius 1 is 1.43 bits per heavy atom. The minimum atomic E-state index is 0.736. The SMILES string of the molecule is CN(C)CCNc1ccc(Br)c(Cl)c1. The third-order valence-electron chi connectivity index (χ3n) is 1.81. The molecule has 0 spiro atoms. The molecule has 0 aliphatic rings. The van der Waals surface area contributed by atoms with Gasteiger partial charge in [0, 0.05) is 23.2 Å². The summed E-state index contributed by atoms with van der Waals surface area (Å²) in [5.41, 5.74) is 1.06. The monoisotopic (exact) mass is 276 g/mol. The van der Waals surface area contributed by atoms with Gasteiger partial charge in [-0.3, -0.25) is 0 Å². The zero-order valence-electron chi connectivity index (χ0n) is 8.35. The van der Waals surface area contributed by atoms with Crippen LogP contribution in [0.3, 0.4) is 0 Å². The quantitative estimate of drug-likeness (QED) is 0.910. The fourth-order valence-corrected chi connectivity index (χ4v) is 1.46. The van der Waals surface area contributed by atoms with Crippen LogP contribution in [0.2, 0.25) is 5.02 Å². The lowest BCUT2D eigenvalue weighted by Gasteiger charge is -2.11. The molecule has 14 heavy (non-hydrogen) atoms. The number of hydrogen-bond acceptors (Lipinski definition) is 2. The van der Waals surface area contributed by atoms with Gasteiger partial charge in [0.25, 0.3) is 0 Å². The average molecular weight is 278 g/mol. The van der Waals surface area contributed by atoms with Crippen molar-refractivity contribution in [2.45, 2.75) is 0 Å². The average Bonchev–Trinajstić information content (AvgIpc) is 2.10. The number of likely N-dealkylation sites (N-methyl/N-ethyl adjacent to an activating group) is 1. The third-order valence-corrected chi connectivity index (χ3v) is 3.04. The number of nitrogens with one attached hydrogen (secondary N) is 1. The van der Waals surface area contributed by atoms with E-state index < -0.39 is 0 Å². The Labute approximate surface area is 98.4 Å². The van der Waals surface area contributed by atoms with Gasteiger partial charge in [0.15, 0.2) is 0 Å². The molecule has 1 aromatic rings. The second-order valence-corrected chi connectivity index (χ2v) is 4.62. The Kier molecular flexibility index (Phi) is 4.72. The summed E-state index contributed by atoms with van der Waals surface area (Å²) in [5, 5.41) is 4.03. The topological polar surface area (TPSA) is 15.3 Å². The minimum absolute atomic E-state index is 0.736. The van der Waals surface area contributed by atoms with Crippen molar-refractivity contribution in [1.82, 2.24) is 4.90 Å². The van der Waals surface area contributed by atoms with E-state index in [0.29, 0.717) is 0 Å². The van der Waals surface area contributed by atoms with Crippen LogP contribution < -0.4 is 5.32 Å². The Morgan fingerprint density at radius 2 is 2.14 bits per heavy atom. The molecule has 2 nitrogen and oxygen atoms in total. The molecule has 0 bridgehead atoms. The molecule has 0 radical (unpaired) electrons. The van der Waals surface area contributed by atoms with Gasteiger partial charge >= 0.3 is 0 Å². The maximum atomic E-state index is 5.96. The predicted molar refractivity (Wildman–Crippen MR) is 66.2 cm³/mol. The third kappa shape index (κ3) is 3.86. The first-order chi connectivity index (χ1) is 6.59. The van der Waals surface area contributed by atoms with Crippen LogP contribution in [-0.2, 0) is 0 Å². The summed E-state index contributed by atoms with van der Waals surface area (Å²) >= 11 is 9.31. The summed E-state index contributed by atoms with van der Waals surface area (Å²) < 4.78 is 0.928. The molecule has 0 fully saturated rings. The van der Waals surface area contributed by atoms with Gasteiger partial charge in [-0.25, -0.2) is 0 Å². The van der Waals surface area contributed by atoms with Crippen LogP contribution >= 0.6 is 27.5 Å². The summed E-state index contributed by atoms with van der Waals surface area (Å²) in [6.07, 6.45) is 0. The van der Waals surface area contributed by atoms with Crippen LogP contribution in [0.1, 0.15) is 0 Å². The largest absolute Gasteiger partial charge is 0.384 e. The van der Waals surface area contributed by atoms with Gasteiger partial charge in [-0.15, -0.1) is 0 Å². The van der Waals surface area contributed by atoms with Crippen LogP contribution in [0, 0.1) is 0 Å². The van der Waals surface area contributed by atoms with Crippen LogP contribution in [0.25, 0.3) is 0 Å².